The van der Waals surface area contributed by atoms with Gasteiger partial charge in [0.15, 0.2) is 11.6 Å². The fraction of sp³-hybridized carbons (Fsp3) is 0.538. The topological polar surface area (TPSA) is 165 Å². The Hall–Kier alpha value is -2.77. The molecule has 0 radical (unpaired) electrons. The van der Waals surface area contributed by atoms with E-state index in [4.69, 9.17) is 39.6 Å². The van der Waals surface area contributed by atoms with Gasteiger partial charge in [0.05, 0.1) is 37.6 Å². The number of hydrogen-bond donors (Lipinski definition) is 4. The smallest absolute Gasteiger partial charge is 0.235 e. The molecule has 0 heterocycles. The predicted molar refractivity (Wildman–Crippen MR) is 225 cm³/mol. The van der Waals surface area contributed by atoms with Gasteiger partial charge >= 0.3 is 0 Å². The summed E-state index contributed by atoms with van der Waals surface area (Å²) in [5.41, 5.74) is 11.6. The van der Waals surface area contributed by atoms with Crippen LogP contribution in [0.3, 0.4) is 0 Å². The first kappa shape index (κ1) is 45.6. The quantitative estimate of drug-likeness (QED) is 0.149. The molecule has 54 heavy (non-hydrogen) atoms. The molecular formula is C39H55Cl3N4O6S2. The van der Waals surface area contributed by atoms with Crippen LogP contribution in [0.15, 0.2) is 58.9 Å². The normalized spacial score (nSPS) is 18.8. The van der Waals surface area contributed by atoms with E-state index in [1.54, 1.807) is 30.3 Å². The first-order valence-corrected chi connectivity index (χ1v) is 23.0. The third-order valence-electron chi connectivity index (χ3n) is 10.1. The van der Waals surface area contributed by atoms with Gasteiger partial charge in [-0.3, -0.25) is 14.3 Å². The van der Waals surface area contributed by atoms with Crippen LogP contribution in [0, 0.1) is 0 Å². The number of halogens is 3. The summed E-state index contributed by atoms with van der Waals surface area (Å²) in [7, 11) is -1.46. The summed E-state index contributed by atoms with van der Waals surface area (Å²) in [5.74, 6) is 0.372. The number of carbonyl (C=O) groups is 2. The van der Waals surface area contributed by atoms with Gasteiger partial charge in [-0.15, -0.1) is 0 Å². The van der Waals surface area contributed by atoms with Crippen molar-refractivity contribution in [2.75, 3.05) is 21.1 Å². The van der Waals surface area contributed by atoms with Crippen molar-refractivity contribution in [3.05, 3.63) is 69.0 Å². The highest BCUT2D eigenvalue weighted by Crippen LogP contribution is 2.33. The lowest BCUT2D eigenvalue weighted by Gasteiger charge is -2.23. The van der Waals surface area contributed by atoms with Gasteiger partial charge in [0.1, 0.15) is 0 Å². The molecule has 2 aromatic rings. The van der Waals surface area contributed by atoms with Crippen molar-refractivity contribution in [1.29, 1.82) is 0 Å². The molecule has 2 aromatic carbocycles. The third kappa shape index (κ3) is 13.5. The maximum atomic E-state index is 12.5. The molecule has 2 fully saturated rings. The van der Waals surface area contributed by atoms with E-state index < -0.39 is 19.1 Å². The molecule has 15 heteroatoms. The number of nitrogens with one attached hydrogen (secondary N) is 3. The maximum Gasteiger partial charge on any atom is 0.235 e. The van der Waals surface area contributed by atoms with Crippen LogP contribution >= 0.6 is 33.9 Å². The molecule has 0 aliphatic heterocycles. The van der Waals surface area contributed by atoms with E-state index >= 15 is 0 Å². The van der Waals surface area contributed by atoms with Crippen LogP contribution in [0.2, 0.25) is 10.0 Å². The molecule has 0 unspecified atom stereocenters. The van der Waals surface area contributed by atoms with Crippen LogP contribution in [0.25, 0.3) is 0 Å². The minimum atomic E-state index is -3.39. The molecule has 0 bridgehead atoms. The second-order valence-electron chi connectivity index (χ2n) is 14.1. The van der Waals surface area contributed by atoms with Crippen LogP contribution in [0.1, 0.15) is 124 Å². The van der Waals surface area contributed by atoms with E-state index in [2.05, 4.69) is 15.4 Å². The number of carbonyl (C=O) groups excluding carboxylic acids is 2. The summed E-state index contributed by atoms with van der Waals surface area (Å²) in [5, 5.41) is 6.87. The van der Waals surface area contributed by atoms with Crippen LogP contribution in [-0.4, -0.2) is 38.9 Å². The Kier molecular flexibility index (Phi) is 17.7. The highest BCUT2D eigenvalue weighted by Gasteiger charge is 2.28. The zero-order chi connectivity index (χ0) is 38.8. The summed E-state index contributed by atoms with van der Waals surface area (Å²) < 4.78 is 49.2. The minimum Gasteiger partial charge on any atom is -0.399 e. The number of allylic oxidation sites excluding steroid dienone is 4. The van der Waals surface area contributed by atoms with Gasteiger partial charge in [-0.1, -0.05) is 69.2 Å². The zero-order valence-corrected chi connectivity index (χ0v) is 34.3. The molecule has 0 aromatic heterocycles. The van der Waals surface area contributed by atoms with Crippen molar-refractivity contribution in [3.8, 4) is 0 Å². The average molecular weight is 846 g/mol. The fourth-order valence-electron chi connectivity index (χ4n) is 6.86. The fourth-order valence-corrected chi connectivity index (χ4v) is 10.3. The molecule has 0 spiro atoms. The zero-order valence-electron chi connectivity index (χ0n) is 30.4. The largest absolute Gasteiger partial charge is 0.399 e. The van der Waals surface area contributed by atoms with Crippen LogP contribution in [-0.2, 0) is 28.7 Å². The van der Waals surface area contributed by atoms with Crippen molar-refractivity contribution in [2.24, 2.45) is 0 Å². The van der Waals surface area contributed by atoms with Gasteiger partial charge in [-0.25, -0.2) is 16.8 Å². The molecule has 4 aliphatic rings. The Labute approximate surface area is 336 Å². The van der Waals surface area contributed by atoms with E-state index in [1.165, 1.54) is 0 Å². The Bertz CT molecular complexity index is 1920. The average Bonchev–Trinajstić information content (AvgIpc) is 3.12. The van der Waals surface area contributed by atoms with E-state index in [1.807, 2.05) is 19.9 Å². The molecule has 300 valence electrons. The monoisotopic (exact) mass is 844 g/mol. The number of nitrogen functional groups attached to an aromatic ring is 1. The van der Waals surface area contributed by atoms with E-state index in [9.17, 15) is 26.4 Å². The van der Waals surface area contributed by atoms with Crippen molar-refractivity contribution in [2.45, 2.75) is 135 Å². The highest BCUT2D eigenvalue weighted by molar-refractivity contribution is 8.14. The van der Waals surface area contributed by atoms with Gasteiger partial charge in [0.25, 0.3) is 0 Å². The van der Waals surface area contributed by atoms with Gasteiger partial charge in [-0.2, -0.15) is 0 Å². The van der Waals surface area contributed by atoms with Crippen LogP contribution in [0.5, 0.6) is 0 Å². The molecule has 0 saturated heterocycles. The van der Waals surface area contributed by atoms with Gasteiger partial charge in [-0.05, 0) is 102 Å². The van der Waals surface area contributed by atoms with Gasteiger partial charge in [0.2, 0.25) is 19.1 Å². The summed E-state index contributed by atoms with van der Waals surface area (Å²) in [6, 6.07) is 10.4. The number of rotatable bonds is 8. The highest BCUT2D eigenvalue weighted by atomic mass is 35.7. The van der Waals surface area contributed by atoms with E-state index in [0.29, 0.717) is 52.8 Å². The van der Waals surface area contributed by atoms with Crippen molar-refractivity contribution < 1.29 is 26.4 Å². The van der Waals surface area contributed by atoms with Crippen LogP contribution < -0.4 is 21.1 Å². The Morgan fingerprint density at radius 1 is 0.630 bits per heavy atom. The van der Waals surface area contributed by atoms with Crippen LogP contribution in [0.4, 0.5) is 22.7 Å². The number of anilines is 4. The lowest BCUT2D eigenvalue weighted by Crippen LogP contribution is -2.29. The van der Waals surface area contributed by atoms with E-state index in [-0.39, 0.29) is 29.5 Å². The molecule has 2 saturated carbocycles. The number of sulfonamides is 1. The summed E-state index contributed by atoms with van der Waals surface area (Å²) in [4.78, 5) is 23.4. The standard InChI is InChI=1S/C19H25ClN2O3S.C13H15ClN2O.C6H11ClO2S.CH4/c1-13-17(8-5-9-19(13)23)21-18-11-10-14(12-16(18)20)22-26(24,25)15-6-3-2-4-7-15;1-8-11(3-2-4-13(8)17)16-12-6-5-9(15)7-10(12)14;7-10(8,9)6-4-2-1-3-5-6;/h10-12,15,21-22H,2-9H2,1H3;5-7,16H,2-4,15H2,1H3;6H,1-5H2;1H4. The summed E-state index contributed by atoms with van der Waals surface area (Å²) in [6.45, 7) is 3.68. The lowest BCUT2D eigenvalue weighted by atomic mass is 9.96. The number of hydrogen-bond acceptors (Lipinski definition) is 9. The third-order valence-corrected chi connectivity index (χ3v) is 14.7. The van der Waals surface area contributed by atoms with Gasteiger partial charge in [0, 0.05) is 51.8 Å². The summed E-state index contributed by atoms with van der Waals surface area (Å²) >= 11 is 12.4. The Morgan fingerprint density at radius 3 is 1.50 bits per heavy atom. The first-order valence-electron chi connectivity index (χ1n) is 18.3. The SMILES string of the molecule is C.CC1=C(Nc2ccc(N)cc2Cl)CCCC1=O.CC1=C(Nc2ccc(NS(=O)(=O)C3CCCCC3)cc2Cl)CCCC1=O.O=S(=O)(Cl)C1CCCCC1. The minimum absolute atomic E-state index is 0. The first-order chi connectivity index (χ1) is 25.0. The number of ketones is 2. The lowest BCUT2D eigenvalue weighted by molar-refractivity contribution is -0.116. The second kappa shape index (κ2) is 20.9. The Morgan fingerprint density at radius 2 is 1.07 bits per heavy atom. The van der Waals surface area contributed by atoms with Crippen molar-refractivity contribution >= 4 is 87.3 Å². The molecule has 5 N–H and O–H groups in total. The second-order valence-corrected chi connectivity index (χ2v) is 19.8. The molecule has 0 atom stereocenters. The number of Topliss-reactive ketones (excluding diaryl/α,β-unsaturated/α-hetero) is 2. The number of benzene rings is 2. The predicted octanol–water partition coefficient (Wildman–Crippen LogP) is 10.7. The Balaban J connectivity index is 0.000000240. The molecule has 0 amide bonds. The van der Waals surface area contributed by atoms with Crippen molar-refractivity contribution in [3.63, 3.8) is 0 Å². The van der Waals surface area contributed by atoms with E-state index in [0.717, 1.165) is 105 Å². The van der Waals surface area contributed by atoms with Crippen molar-refractivity contribution in [1.82, 2.24) is 0 Å². The number of nitrogens with two attached hydrogens (primary N) is 1. The molecular weight excluding hydrogens is 791 g/mol. The summed E-state index contributed by atoms with van der Waals surface area (Å²) in [6.07, 6.45) is 13.8. The maximum absolute atomic E-state index is 12.5. The molecule has 6 rings (SSSR count). The van der Waals surface area contributed by atoms with Gasteiger partial charge < -0.3 is 16.4 Å². The molecule has 10 nitrogen and oxygen atoms in total. The molecule has 4 aliphatic carbocycles.